The third kappa shape index (κ3) is 4.42. The summed E-state index contributed by atoms with van der Waals surface area (Å²) in [4.78, 5) is 13.2. The maximum Gasteiger partial charge on any atom is 0.296 e. The molecule has 0 bridgehead atoms. The van der Waals surface area contributed by atoms with E-state index in [0.29, 0.717) is 34.1 Å². The van der Waals surface area contributed by atoms with E-state index in [9.17, 15) is 9.18 Å². The summed E-state index contributed by atoms with van der Waals surface area (Å²) in [5.74, 6) is -0.301. The largest absolute Gasteiger partial charge is 0.296 e. The molecular weight excluding hydrogens is 474 g/mol. The van der Waals surface area contributed by atoms with Crippen LogP contribution >= 0.6 is 23.2 Å². The van der Waals surface area contributed by atoms with E-state index in [2.05, 4.69) is 15.3 Å². The Balaban J connectivity index is 1.63. The molecule has 0 unspecified atom stereocenters. The standard InChI is InChI=1S/C26H17Cl2FN4O/c27-19-8-4-17(5-9-19)22-15-30-33-25(24(22)18-6-10-20(28)11-7-18)32-31-23(26(33)34)14-3-16-1-12-21(29)13-2-16/h1-2,4-13,15H,3,14H2. The zero-order valence-electron chi connectivity index (χ0n) is 17.8. The van der Waals surface area contributed by atoms with E-state index in [-0.39, 0.29) is 17.1 Å². The van der Waals surface area contributed by atoms with Gasteiger partial charge in [0.1, 0.15) is 11.5 Å². The third-order valence-corrected chi connectivity index (χ3v) is 6.06. The van der Waals surface area contributed by atoms with E-state index in [4.69, 9.17) is 23.2 Å². The summed E-state index contributed by atoms with van der Waals surface area (Å²) in [5, 5.41) is 14.3. The van der Waals surface area contributed by atoms with E-state index >= 15 is 0 Å². The van der Waals surface area contributed by atoms with Gasteiger partial charge in [-0.15, -0.1) is 10.2 Å². The fraction of sp³-hybridized carbons (Fsp3) is 0.0769. The lowest BCUT2D eigenvalue weighted by atomic mass is 9.97. The first-order valence-electron chi connectivity index (χ1n) is 10.5. The molecule has 0 aliphatic heterocycles. The number of hydrogen-bond acceptors (Lipinski definition) is 4. The first-order chi connectivity index (χ1) is 16.5. The minimum absolute atomic E-state index is 0.288. The van der Waals surface area contributed by atoms with Crippen molar-refractivity contribution in [3.8, 4) is 22.3 Å². The fourth-order valence-electron chi connectivity index (χ4n) is 3.79. The molecule has 2 aromatic heterocycles. The van der Waals surface area contributed by atoms with Crippen LogP contribution in [0.2, 0.25) is 10.0 Å². The molecule has 0 radical (unpaired) electrons. The van der Waals surface area contributed by atoms with Crippen molar-refractivity contribution in [3.05, 3.63) is 116 Å². The highest BCUT2D eigenvalue weighted by Gasteiger charge is 2.18. The molecule has 168 valence electrons. The number of aryl methyl sites for hydroxylation is 2. The zero-order chi connectivity index (χ0) is 23.7. The Kier molecular flexibility index (Phi) is 6.09. The Labute approximate surface area is 204 Å². The number of rotatable bonds is 5. The molecular formula is C26H17Cl2FN4O. The molecule has 3 aromatic carbocycles. The highest BCUT2D eigenvalue weighted by molar-refractivity contribution is 6.31. The lowest BCUT2D eigenvalue weighted by Gasteiger charge is -2.13. The summed E-state index contributed by atoms with van der Waals surface area (Å²) in [6.45, 7) is 0. The van der Waals surface area contributed by atoms with Crippen molar-refractivity contribution >= 4 is 28.8 Å². The van der Waals surface area contributed by atoms with Gasteiger partial charge in [-0.1, -0.05) is 59.6 Å². The molecule has 5 rings (SSSR count). The Morgan fingerprint density at radius 1 is 0.765 bits per heavy atom. The fourth-order valence-corrected chi connectivity index (χ4v) is 4.05. The lowest BCUT2D eigenvalue weighted by molar-refractivity contribution is 0.627. The van der Waals surface area contributed by atoms with Gasteiger partial charge in [0, 0.05) is 27.6 Å². The van der Waals surface area contributed by atoms with Crippen LogP contribution in [-0.4, -0.2) is 19.8 Å². The van der Waals surface area contributed by atoms with Crippen molar-refractivity contribution < 1.29 is 4.39 Å². The number of halogens is 3. The molecule has 0 saturated carbocycles. The number of aromatic nitrogens is 4. The normalized spacial score (nSPS) is 11.1. The number of hydrogen-bond donors (Lipinski definition) is 0. The predicted molar refractivity (Wildman–Crippen MR) is 132 cm³/mol. The van der Waals surface area contributed by atoms with Crippen LogP contribution in [0.15, 0.2) is 83.8 Å². The molecule has 2 heterocycles. The molecule has 5 nitrogen and oxygen atoms in total. The molecule has 0 aliphatic rings. The zero-order valence-corrected chi connectivity index (χ0v) is 19.3. The molecule has 34 heavy (non-hydrogen) atoms. The molecule has 0 spiro atoms. The van der Waals surface area contributed by atoms with Crippen molar-refractivity contribution in [2.75, 3.05) is 0 Å². The maximum atomic E-state index is 13.2. The molecule has 0 amide bonds. The van der Waals surface area contributed by atoms with Crippen LogP contribution in [0.1, 0.15) is 11.3 Å². The van der Waals surface area contributed by atoms with Crippen molar-refractivity contribution in [2.45, 2.75) is 12.8 Å². The van der Waals surface area contributed by atoms with Gasteiger partial charge in [-0.2, -0.15) is 9.61 Å². The molecule has 0 atom stereocenters. The van der Waals surface area contributed by atoms with Crippen molar-refractivity contribution in [2.24, 2.45) is 0 Å². The van der Waals surface area contributed by atoms with Crippen LogP contribution in [0.25, 0.3) is 27.9 Å². The Bertz CT molecular complexity index is 1530. The van der Waals surface area contributed by atoms with E-state index in [1.54, 1.807) is 42.6 Å². The second-order valence-corrected chi connectivity index (χ2v) is 8.63. The molecule has 0 N–H and O–H groups in total. The Morgan fingerprint density at radius 3 is 2.03 bits per heavy atom. The van der Waals surface area contributed by atoms with Gasteiger partial charge in [0.2, 0.25) is 0 Å². The maximum absolute atomic E-state index is 13.2. The summed E-state index contributed by atoms with van der Waals surface area (Å²) >= 11 is 12.2. The highest BCUT2D eigenvalue weighted by Crippen LogP contribution is 2.34. The van der Waals surface area contributed by atoms with Crippen molar-refractivity contribution in [3.63, 3.8) is 0 Å². The second-order valence-electron chi connectivity index (χ2n) is 7.76. The molecule has 0 saturated heterocycles. The van der Waals surface area contributed by atoms with Gasteiger partial charge in [0.25, 0.3) is 5.56 Å². The molecule has 5 aromatic rings. The quantitative estimate of drug-likeness (QED) is 0.300. The topological polar surface area (TPSA) is 60.2 Å². The Morgan fingerprint density at radius 2 is 1.38 bits per heavy atom. The minimum atomic E-state index is -0.343. The van der Waals surface area contributed by atoms with Crippen LogP contribution in [0.5, 0.6) is 0 Å². The lowest BCUT2D eigenvalue weighted by Crippen LogP contribution is -2.25. The summed E-state index contributed by atoms with van der Waals surface area (Å²) in [7, 11) is 0. The van der Waals surface area contributed by atoms with Gasteiger partial charge >= 0.3 is 0 Å². The second kappa shape index (κ2) is 9.33. The van der Waals surface area contributed by atoms with Crippen LogP contribution in [0.3, 0.4) is 0 Å². The van der Waals surface area contributed by atoms with Crippen molar-refractivity contribution in [1.82, 2.24) is 19.8 Å². The predicted octanol–water partition coefficient (Wildman–Crippen LogP) is 6.05. The Hall–Kier alpha value is -3.61. The van der Waals surface area contributed by atoms with Crippen LogP contribution < -0.4 is 5.56 Å². The first kappa shape index (κ1) is 22.2. The van der Waals surface area contributed by atoms with Gasteiger partial charge < -0.3 is 0 Å². The van der Waals surface area contributed by atoms with Gasteiger partial charge in [-0.25, -0.2) is 4.39 Å². The molecule has 8 heteroatoms. The van der Waals surface area contributed by atoms with Gasteiger partial charge in [-0.05, 0) is 59.5 Å². The van der Waals surface area contributed by atoms with E-state index in [1.807, 2.05) is 24.3 Å². The summed E-state index contributed by atoms with van der Waals surface area (Å²) < 4.78 is 14.4. The highest BCUT2D eigenvalue weighted by atomic mass is 35.5. The smallest absolute Gasteiger partial charge is 0.265 e. The number of nitrogens with zero attached hydrogens (tertiary/aromatic N) is 4. The van der Waals surface area contributed by atoms with Crippen molar-refractivity contribution in [1.29, 1.82) is 0 Å². The van der Waals surface area contributed by atoms with E-state index in [0.717, 1.165) is 22.3 Å². The van der Waals surface area contributed by atoms with Gasteiger partial charge in [0.05, 0.1) is 6.20 Å². The monoisotopic (exact) mass is 490 g/mol. The SMILES string of the molecule is O=c1c(CCc2ccc(F)cc2)nnc2c(-c3ccc(Cl)cc3)c(-c3ccc(Cl)cc3)cnn12. The summed E-state index contributed by atoms with van der Waals surface area (Å²) in [6.07, 6.45) is 2.54. The minimum Gasteiger partial charge on any atom is -0.265 e. The van der Waals surface area contributed by atoms with E-state index in [1.165, 1.54) is 16.6 Å². The number of fused-ring (bicyclic) bond motifs is 1. The number of benzene rings is 3. The molecule has 0 fully saturated rings. The first-order valence-corrected chi connectivity index (χ1v) is 11.3. The van der Waals surface area contributed by atoms with Gasteiger partial charge in [-0.3, -0.25) is 4.79 Å². The van der Waals surface area contributed by atoms with Crippen LogP contribution in [0, 0.1) is 5.82 Å². The third-order valence-electron chi connectivity index (χ3n) is 5.55. The van der Waals surface area contributed by atoms with Crippen LogP contribution in [0.4, 0.5) is 4.39 Å². The molecule has 0 aliphatic carbocycles. The van der Waals surface area contributed by atoms with Gasteiger partial charge in [0.15, 0.2) is 5.65 Å². The average Bonchev–Trinajstić information content (AvgIpc) is 2.85. The summed E-state index contributed by atoms with van der Waals surface area (Å²) in [5.41, 5.74) is 4.38. The van der Waals surface area contributed by atoms with Crippen LogP contribution in [-0.2, 0) is 12.8 Å². The van der Waals surface area contributed by atoms with E-state index < -0.39 is 0 Å². The summed E-state index contributed by atoms with van der Waals surface area (Å²) in [6, 6.07) is 20.8. The average molecular weight is 491 g/mol.